The van der Waals surface area contributed by atoms with Gasteiger partial charge in [-0.3, -0.25) is 10.1 Å². The number of nitro benzene ring substituents is 1. The fraction of sp³-hybridized carbons (Fsp3) is 0. The Morgan fingerprint density at radius 3 is 2.59 bits per heavy atom. The Kier molecular flexibility index (Phi) is 3.74. The molecule has 1 heterocycles. The molecule has 0 spiro atoms. The average molecular weight is 293 g/mol. The zero-order valence-electron chi connectivity index (χ0n) is 11.4. The van der Waals surface area contributed by atoms with Crippen molar-refractivity contribution in [3.8, 4) is 23.0 Å². The fourth-order valence-electron chi connectivity index (χ4n) is 1.93. The van der Waals surface area contributed by atoms with Crippen LogP contribution < -0.4 is 4.74 Å². The minimum absolute atomic E-state index is 0.0447. The molecule has 3 rings (SSSR count). The molecule has 0 unspecified atom stereocenters. The van der Waals surface area contributed by atoms with E-state index in [1.807, 2.05) is 30.3 Å². The molecule has 0 fully saturated rings. The van der Waals surface area contributed by atoms with Gasteiger partial charge in [0.15, 0.2) is 0 Å². The van der Waals surface area contributed by atoms with E-state index in [1.165, 1.54) is 12.1 Å². The summed E-state index contributed by atoms with van der Waals surface area (Å²) in [4.78, 5) is 18.6. The molecule has 0 amide bonds. The molecule has 22 heavy (non-hydrogen) atoms. The summed E-state index contributed by atoms with van der Waals surface area (Å²) in [6, 6.07) is 17.4. The Bertz CT molecular complexity index is 806. The molecule has 0 bridgehead atoms. The molecule has 0 aliphatic rings. The molecule has 108 valence electrons. The number of aromatic nitrogens is 2. The summed E-state index contributed by atoms with van der Waals surface area (Å²) in [7, 11) is 0. The Labute approximate surface area is 126 Å². The normalized spacial score (nSPS) is 10.2. The van der Waals surface area contributed by atoms with Crippen molar-refractivity contribution in [2.45, 2.75) is 0 Å². The monoisotopic (exact) mass is 293 g/mol. The van der Waals surface area contributed by atoms with Crippen molar-refractivity contribution in [3.05, 3.63) is 77.0 Å². The van der Waals surface area contributed by atoms with Gasteiger partial charge in [-0.25, -0.2) is 4.98 Å². The number of rotatable bonds is 4. The highest BCUT2D eigenvalue weighted by Gasteiger charge is 2.09. The van der Waals surface area contributed by atoms with Gasteiger partial charge in [-0.1, -0.05) is 36.4 Å². The second-order valence-corrected chi connectivity index (χ2v) is 4.45. The average Bonchev–Trinajstić information content (AvgIpc) is 2.56. The first kappa shape index (κ1) is 13.7. The van der Waals surface area contributed by atoms with Crippen molar-refractivity contribution in [2.24, 2.45) is 0 Å². The maximum atomic E-state index is 10.8. The Hall–Kier alpha value is -3.28. The zero-order valence-corrected chi connectivity index (χ0v) is 11.4. The largest absolute Gasteiger partial charge is 0.424 e. The van der Waals surface area contributed by atoms with Crippen molar-refractivity contribution in [3.63, 3.8) is 0 Å². The number of benzene rings is 2. The third kappa shape index (κ3) is 3.06. The summed E-state index contributed by atoms with van der Waals surface area (Å²) in [5.41, 5.74) is 1.61. The summed E-state index contributed by atoms with van der Waals surface area (Å²) < 4.78 is 5.50. The van der Waals surface area contributed by atoms with Crippen molar-refractivity contribution in [1.29, 1.82) is 0 Å². The van der Waals surface area contributed by atoms with Crippen LogP contribution >= 0.6 is 0 Å². The molecule has 0 radical (unpaired) electrons. The molecular weight excluding hydrogens is 282 g/mol. The Balaban J connectivity index is 1.87. The quantitative estimate of drug-likeness (QED) is 0.539. The van der Waals surface area contributed by atoms with Crippen molar-refractivity contribution in [2.75, 3.05) is 0 Å². The van der Waals surface area contributed by atoms with E-state index in [1.54, 1.807) is 24.4 Å². The lowest BCUT2D eigenvalue weighted by molar-refractivity contribution is -0.384. The topological polar surface area (TPSA) is 78.2 Å². The van der Waals surface area contributed by atoms with Gasteiger partial charge < -0.3 is 4.74 Å². The minimum atomic E-state index is -0.478. The summed E-state index contributed by atoms with van der Waals surface area (Å²) >= 11 is 0. The van der Waals surface area contributed by atoms with Gasteiger partial charge >= 0.3 is 6.01 Å². The van der Waals surface area contributed by atoms with Crippen LogP contribution in [-0.4, -0.2) is 14.9 Å². The minimum Gasteiger partial charge on any atom is -0.424 e. The van der Waals surface area contributed by atoms with Gasteiger partial charge in [-0.05, 0) is 12.1 Å². The fourth-order valence-corrected chi connectivity index (χ4v) is 1.93. The van der Waals surface area contributed by atoms with Crippen LogP contribution in [0.3, 0.4) is 0 Å². The Morgan fingerprint density at radius 1 is 1.00 bits per heavy atom. The molecule has 0 N–H and O–H groups in total. The van der Waals surface area contributed by atoms with E-state index in [9.17, 15) is 10.1 Å². The van der Waals surface area contributed by atoms with Gasteiger partial charge in [-0.15, -0.1) is 0 Å². The molecule has 0 aliphatic carbocycles. The highest BCUT2D eigenvalue weighted by molar-refractivity contribution is 5.58. The van der Waals surface area contributed by atoms with Crippen LogP contribution in [0, 0.1) is 10.1 Å². The number of ether oxygens (including phenoxy) is 1. The molecule has 0 atom stereocenters. The van der Waals surface area contributed by atoms with Crippen molar-refractivity contribution < 1.29 is 9.66 Å². The van der Waals surface area contributed by atoms with Gasteiger partial charge in [0.25, 0.3) is 5.69 Å². The van der Waals surface area contributed by atoms with Crippen LogP contribution in [0.2, 0.25) is 0 Å². The third-order valence-corrected chi connectivity index (χ3v) is 2.94. The molecule has 2 aromatic carbocycles. The predicted octanol–water partition coefficient (Wildman–Crippen LogP) is 3.84. The molecule has 1 aromatic heterocycles. The number of hydrogen-bond acceptors (Lipinski definition) is 5. The Morgan fingerprint density at radius 2 is 1.82 bits per heavy atom. The van der Waals surface area contributed by atoms with E-state index >= 15 is 0 Å². The van der Waals surface area contributed by atoms with E-state index in [0.29, 0.717) is 5.75 Å². The maximum absolute atomic E-state index is 10.8. The second kappa shape index (κ2) is 6.01. The van der Waals surface area contributed by atoms with Crippen LogP contribution in [0.1, 0.15) is 0 Å². The predicted molar refractivity (Wildman–Crippen MR) is 80.6 cm³/mol. The molecule has 0 saturated carbocycles. The van der Waals surface area contributed by atoms with Crippen LogP contribution in [-0.2, 0) is 0 Å². The summed E-state index contributed by atoms with van der Waals surface area (Å²) in [6.07, 6.45) is 1.59. The van der Waals surface area contributed by atoms with Gasteiger partial charge in [0.2, 0.25) is 0 Å². The maximum Gasteiger partial charge on any atom is 0.322 e. The van der Waals surface area contributed by atoms with E-state index in [2.05, 4.69) is 9.97 Å². The second-order valence-electron chi connectivity index (χ2n) is 4.45. The number of nitro groups is 1. The van der Waals surface area contributed by atoms with Crippen molar-refractivity contribution in [1.82, 2.24) is 9.97 Å². The van der Waals surface area contributed by atoms with Gasteiger partial charge in [0, 0.05) is 17.8 Å². The number of non-ortho nitro benzene ring substituents is 1. The van der Waals surface area contributed by atoms with E-state index < -0.39 is 4.92 Å². The first-order valence-electron chi connectivity index (χ1n) is 6.53. The lowest BCUT2D eigenvalue weighted by atomic mass is 10.1. The lowest BCUT2D eigenvalue weighted by Gasteiger charge is -2.05. The molecule has 3 aromatic rings. The highest BCUT2D eigenvalue weighted by atomic mass is 16.6. The van der Waals surface area contributed by atoms with E-state index in [-0.39, 0.29) is 11.7 Å². The van der Waals surface area contributed by atoms with E-state index in [4.69, 9.17) is 4.74 Å². The van der Waals surface area contributed by atoms with Gasteiger partial charge in [0.1, 0.15) is 5.75 Å². The molecule has 6 heteroatoms. The first-order valence-corrected chi connectivity index (χ1v) is 6.53. The highest BCUT2D eigenvalue weighted by Crippen LogP contribution is 2.24. The zero-order chi connectivity index (χ0) is 15.4. The van der Waals surface area contributed by atoms with Gasteiger partial charge in [0.05, 0.1) is 16.7 Å². The number of nitrogens with zero attached hydrogens (tertiary/aromatic N) is 3. The van der Waals surface area contributed by atoms with Crippen LogP contribution in [0.15, 0.2) is 66.9 Å². The lowest BCUT2D eigenvalue weighted by Crippen LogP contribution is -1.94. The summed E-state index contributed by atoms with van der Waals surface area (Å²) in [5, 5.41) is 10.8. The number of hydrogen-bond donors (Lipinski definition) is 0. The summed E-state index contributed by atoms with van der Waals surface area (Å²) in [5.74, 6) is 0.319. The van der Waals surface area contributed by atoms with Crippen LogP contribution in [0.25, 0.3) is 11.3 Å². The van der Waals surface area contributed by atoms with Crippen molar-refractivity contribution >= 4 is 5.69 Å². The third-order valence-electron chi connectivity index (χ3n) is 2.94. The van der Waals surface area contributed by atoms with Crippen LogP contribution in [0.4, 0.5) is 5.69 Å². The molecule has 0 aliphatic heterocycles. The van der Waals surface area contributed by atoms with Crippen LogP contribution in [0.5, 0.6) is 11.8 Å². The molecule has 6 nitrogen and oxygen atoms in total. The molecule has 0 saturated heterocycles. The first-order chi connectivity index (χ1) is 10.7. The van der Waals surface area contributed by atoms with E-state index in [0.717, 1.165) is 11.3 Å². The summed E-state index contributed by atoms with van der Waals surface area (Å²) in [6.45, 7) is 0. The molecular formula is C16H11N3O3. The SMILES string of the molecule is O=[N+]([O-])c1cccc(Oc2nccc(-c3ccccc3)n2)c1. The van der Waals surface area contributed by atoms with Gasteiger partial charge in [-0.2, -0.15) is 4.98 Å². The smallest absolute Gasteiger partial charge is 0.322 e. The standard InChI is InChI=1S/C16H11N3O3/c20-19(21)13-7-4-8-14(11-13)22-16-17-10-9-15(18-16)12-5-2-1-3-6-12/h1-11H.